The van der Waals surface area contributed by atoms with Crippen LogP contribution in [0.3, 0.4) is 0 Å². The number of aryl methyl sites for hydroxylation is 1. The van der Waals surface area contributed by atoms with Crippen molar-refractivity contribution in [2.24, 2.45) is 0 Å². The summed E-state index contributed by atoms with van der Waals surface area (Å²) >= 11 is 1.57. The molecule has 0 spiro atoms. The molecule has 0 saturated carbocycles. The van der Waals surface area contributed by atoms with Crippen molar-refractivity contribution in [2.75, 3.05) is 11.9 Å². The van der Waals surface area contributed by atoms with E-state index in [0.29, 0.717) is 17.8 Å². The number of aromatic nitrogens is 3. The third-order valence-electron chi connectivity index (χ3n) is 4.13. The minimum Gasteiger partial charge on any atom is -0.489 e. The first-order valence-corrected chi connectivity index (χ1v) is 9.36. The fraction of sp³-hybridized carbons (Fsp3) is 0.222. The van der Waals surface area contributed by atoms with Crippen LogP contribution in [0.4, 0.5) is 10.1 Å². The maximum absolute atomic E-state index is 14.1. The van der Waals surface area contributed by atoms with Crippen molar-refractivity contribution in [3.63, 3.8) is 0 Å². The van der Waals surface area contributed by atoms with Crippen LogP contribution in [0.2, 0.25) is 0 Å². The Balaban J connectivity index is 1.44. The van der Waals surface area contributed by atoms with Gasteiger partial charge in [-0.15, -0.1) is 16.4 Å². The number of aromatic amines is 1. The van der Waals surface area contributed by atoms with E-state index >= 15 is 0 Å². The second-order valence-electron chi connectivity index (χ2n) is 6.31. The average Bonchev–Trinajstić information content (AvgIpc) is 3.30. The monoisotopic (exact) mass is 401 g/mol. The van der Waals surface area contributed by atoms with Gasteiger partial charge in [0.1, 0.15) is 29.9 Å². The van der Waals surface area contributed by atoms with Crippen LogP contribution in [0.25, 0.3) is 0 Å². The lowest BCUT2D eigenvalue weighted by Crippen LogP contribution is -2.46. The Morgan fingerprint density at radius 1 is 1.46 bits per heavy atom. The van der Waals surface area contributed by atoms with Gasteiger partial charge in [-0.2, -0.15) is 0 Å². The molecule has 0 saturated heterocycles. The van der Waals surface area contributed by atoms with E-state index in [4.69, 9.17) is 4.74 Å². The van der Waals surface area contributed by atoms with Crippen molar-refractivity contribution in [2.45, 2.75) is 19.4 Å². The molecule has 28 heavy (non-hydrogen) atoms. The number of halogens is 1. The zero-order chi connectivity index (χ0) is 19.7. The zero-order valence-corrected chi connectivity index (χ0v) is 15.6. The normalized spacial score (nSPS) is 15.9. The van der Waals surface area contributed by atoms with Gasteiger partial charge in [-0.05, 0) is 36.1 Å². The molecular weight excluding hydrogens is 385 g/mol. The minimum absolute atomic E-state index is 0.0384. The molecule has 3 N–H and O–H groups in total. The van der Waals surface area contributed by atoms with E-state index in [-0.39, 0.29) is 23.9 Å². The number of ether oxygens (including phenoxy) is 1. The first kappa shape index (κ1) is 18.1. The Morgan fingerprint density at radius 3 is 3.11 bits per heavy atom. The minimum atomic E-state index is -1.01. The average molecular weight is 401 g/mol. The van der Waals surface area contributed by atoms with Gasteiger partial charge in [0.2, 0.25) is 5.82 Å². The highest BCUT2D eigenvalue weighted by Gasteiger charge is 2.29. The molecule has 8 nitrogen and oxygen atoms in total. The van der Waals surface area contributed by atoms with Gasteiger partial charge in [0.05, 0.1) is 0 Å². The molecule has 0 radical (unpaired) electrons. The van der Waals surface area contributed by atoms with Crippen molar-refractivity contribution in [3.8, 4) is 5.75 Å². The van der Waals surface area contributed by atoms with Crippen molar-refractivity contribution >= 4 is 28.8 Å². The van der Waals surface area contributed by atoms with Crippen LogP contribution in [-0.4, -0.2) is 39.6 Å². The van der Waals surface area contributed by atoms with Crippen LogP contribution in [0.1, 0.15) is 26.9 Å². The Kier molecular flexibility index (Phi) is 4.78. The lowest BCUT2D eigenvalue weighted by atomic mass is 10.2. The summed E-state index contributed by atoms with van der Waals surface area (Å²) in [5.74, 6) is -1.12. The molecule has 3 heterocycles. The second kappa shape index (κ2) is 7.39. The molecule has 0 fully saturated rings. The number of thiophene rings is 1. The molecular formula is C18H16FN5O3S. The van der Waals surface area contributed by atoms with Crippen molar-refractivity contribution in [3.05, 3.63) is 57.6 Å². The van der Waals surface area contributed by atoms with Crippen LogP contribution in [0, 0.1) is 12.7 Å². The molecule has 0 unspecified atom stereocenters. The number of carbonyl (C=O) groups excluding carboxylic acids is 2. The zero-order valence-electron chi connectivity index (χ0n) is 14.8. The number of amides is 2. The summed E-state index contributed by atoms with van der Waals surface area (Å²) in [5, 5.41) is 13.6. The number of fused-ring (bicyclic) bond motifs is 1. The number of H-pyrrole nitrogens is 1. The van der Waals surface area contributed by atoms with E-state index in [9.17, 15) is 14.0 Å². The fourth-order valence-corrected chi connectivity index (χ4v) is 3.50. The van der Waals surface area contributed by atoms with E-state index in [1.807, 2.05) is 17.5 Å². The largest absolute Gasteiger partial charge is 0.489 e. The maximum atomic E-state index is 14.1. The molecule has 144 valence electrons. The van der Waals surface area contributed by atoms with Crippen LogP contribution >= 0.6 is 11.3 Å². The lowest BCUT2D eigenvalue weighted by Gasteiger charge is -2.13. The molecule has 1 atom stereocenters. The first-order chi connectivity index (χ1) is 13.5. The van der Waals surface area contributed by atoms with Gasteiger partial charge in [-0.25, -0.2) is 9.37 Å². The summed E-state index contributed by atoms with van der Waals surface area (Å²) in [6.45, 7) is 1.58. The topological polar surface area (TPSA) is 109 Å². The SMILES string of the molecule is Cc1cc(F)c2c(c1)OC[C@H](NC(=O)c1n[nH]c(Cc3cccs3)n1)C(=O)N2. The molecule has 1 aromatic carbocycles. The number of anilines is 1. The predicted octanol–water partition coefficient (Wildman–Crippen LogP) is 2.03. The fourth-order valence-electron chi connectivity index (χ4n) is 2.79. The molecule has 0 aliphatic carbocycles. The smallest absolute Gasteiger partial charge is 0.291 e. The van der Waals surface area contributed by atoms with Crippen molar-refractivity contribution in [1.82, 2.24) is 20.5 Å². The molecule has 2 aromatic heterocycles. The van der Waals surface area contributed by atoms with E-state index < -0.39 is 23.7 Å². The number of hydrogen-bond donors (Lipinski definition) is 3. The highest BCUT2D eigenvalue weighted by Crippen LogP contribution is 2.31. The van der Waals surface area contributed by atoms with E-state index in [1.165, 1.54) is 6.07 Å². The molecule has 3 aromatic rings. The van der Waals surface area contributed by atoms with Gasteiger partial charge in [0.15, 0.2) is 5.82 Å². The molecule has 1 aliphatic rings. The Morgan fingerprint density at radius 2 is 2.32 bits per heavy atom. The molecule has 1 aliphatic heterocycles. The van der Waals surface area contributed by atoms with Crippen molar-refractivity contribution < 1.29 is 18.7 Å². The summed E-state index contributed by atoms with van der Waals surface area (Å²) < 4.78 is 19.6. The molecule has 4 rings (SSSR count). The van der Waals surface area contributed by atoms with Crippen LogP contribution in [-0.2, 0) is 11.2 Å². The predicted molar refractivity (Wildman–Crippen MR) is 100 cm³/mol. The first-order valence-electron chi connectivity index (χ1n) is 8.48. The van der Waals surface area contributed by atoms with Gasteiger partial charge in [-0.3, -0.25) is 14.7 Å². The number of rotatable bonds is 4. The van der Waals surface area contributed by atoms with Gasteiger partial charge < -0.3 is 15.4 Å². The third-order valence-corrected chi connectivity index (χ3v) is 5.01. The Bertz CT molecular complexity index is 1030. The quantitative estimate of drug-likeness (QED) is 0.620. The van der Waals surface area contributed by atoms with Crippen LogP contribution in [0.5, 0.6) is 5.75 Å². The van der Waals surface area contributed by atoms with Crippen LogP contribution in [0.15, 0.2) is 29.6 Å². The third kappa shape index (κ3) is 3.72. The van der Waals surface area contributed by atoms with Gasteiger partial charge in [0.25, 0.3) is 11.8 Å². The standard InChI is InChI=1S/C18H16FN5O3S/c1-9-5-11(19)15-13(6-9)27-8-12(17(25)22-15)20-18(26)16-21-14(23-24-16)7-10-3-2-4-28-10/h2-6,12H,7-8H2,1H3,(H,20,26)(H,22,25)(H,21,23,24)/t12-/m0/s1. The summed E-state index contributed by atoms with van der Waals surface area (Å²) in [6.07, 6.45) is 0.527. The Hall–Kier alpha value is -3.27. The summed E-state index contributed by atoms with van der Waals surface area (Å²) in [5.41, 5.74) is 0.621. The number of nitrogens with zero attached hydrogens (tertiary/aromatic N) is 2. The molecule has 2 amide bonds. The second-order valence-corrected chi connectivity index (χ2v) is 7.34. The summed E-state index contributed by atoms with van der Waals surface area (Å²) in [4.78, 5) is 30.0. The number of nitrogens with one attached hydrogen (secondary N) is 3. The van der Waals surface area contributed by atoms with E-state index in [2.05, 4.69) is 25.8 Å². The van der Waals surface area contributed by atoms with Gasteiger partial charge in [0, 0.05) is 11.3 Å². The number of hydrogen-bond acceptors (Lipinski definition) is 6. The molecule has 10 heteroatoms. The lowest BCUT2D eigenvalue weighted by molar-refractivity contribution is -0.118. The van der Waals surface area contributed by atoms with Crippen molar-refractivity contribution in [1.29, 1.82) is 0 Å². The van der Waals surface area contributed by atoms with E-state index in [1.54, 1.807) is 24.3 Å². The van der Waals surface area contributed by atoms with Gasteiger partial charge >= 0.3 is 0 Å². The van der Waals surface area contributed by atoms with Crippen LogP contribution < -0.4 is 15.4 Å². The Labute approximate surface area is 163 Å². The molecule has 0 bridgehead atoms. The summed E-state index contributed by atoms with van der Waals surface area (Å²) in [7, 11) is 0. The number of carbonyl (C=O) groups is 2. The highest BCUT2D eigenvalue weighted by atomic mass is 32.1. The maximum Gasteiger partial charge on any atom is 0.291 e. The number of benzene rings is 1. The van der Waals surface area contributed by atoms with E-state index in [0.717, 1.165) is 4.88 Å². The summed E-state index contributed by atoms with van der Waals surface area (Å²) in [6, 6.07) is 5.79. The highest BCUT2D eigenvalue weighted by molar-refractivity contribution is 7.09. The van der Waals surface area contributed by atoms with Gasteiger partial charge in [-0.1, -0.05) is 6.07 Å².